The Morgan fingerprint density at radius 2 is 1.88 bits per heavy atom. The molecule has 26 heavy (non-hydrogen) atoms. The summed E-state index contributed by atoms with van der Waals surface area (Å²) in [5, 5.41) is 32.7. The Morgan fingerprint density at radius 1 is 1.23 bits per heavy atom. The molecule has 3 aliphatic rings. The summed E-state index contributed by atoms with van der Waals surface area (Å²) >= 11 is 7.60. The molecular weight excluding hydrogens is 464 g/mol. The van der Waals surface area contributed by atoms with Crippen LogP contribution in [0.5, 0.6) is 0 Å². The minimum atomic E-state index is -1.24. The number of hydrogen-bond acceptors (Lipinski definition) is 4. The van der Waals surface area contributed by atoms with E-state index >= 15 is 0 Å². The molecule has 0 amide bonds. The molecule has 3 rings (SSSR count). The maximum atomic E-state index is 11.5. The van der Waals surface area contributed by atoms with Crippen molar-refractivity contribution in [3.63, 3.8) is 0 Å². The Morgan fingerprint density at radius 3 is 2.42 bits per heavy atom. The van der Waals surface area contributed by atoms with Crippen LogP contribution in [0.1, 0.15) is 47.0 Å². The van der Waals surface area contributed by atoms with Crippen LogP contribution >= 0.6 is 31.9 Å². The molecule has 0 aromatic heterocycles. The summed E-state index contributed by atoms with van der Waals surface area (Å²) in [5.74, 6) is 0.478. The molecule has 150 valence electrons. The van der Waals surface area contributed by atoms with Crippen LogP contribution in [0.15, 0.2) is 12.2 Å². The normalized spacial score (nSPS) is 54.1. The van der Waals surface area contributed by atoms with E-state index in [0.717, 1.165) is 18.2 Å². The molecule has 0 spiro atoms. The molecule has 0 aromatic rings. The van der Waals surface area contributed by atoms with Crippen molar-refractivity contribution in [3.05, 3.63) is 12.2 Å². The Balaban J connectivity index is 2.20. The Labute approximate surface area is 173 Å². The van der Waals surface area contributed by atoms with Crippen LogP contribution in [0.2, 0.25) is 0 Å². The molecule has 3 N–H and O–H groups in total. The van der Waals surface area contributed by atoms with E-state index in [1.54, 1.807) is 6.92 Å². The highest BCUT2D eigenvalue weighted by molar-refractivity contribution is 9.09. The van der Waals surface area contributed by atoms with Gasteiger partial charge in [-0.15, -0.1) is 0 Å². The number of aliphatic hydroxyl groups is 2. The fourth-order valence-electron chi connectivity index (χ4n) is 6.54. The second-order valence-electron chi connectivity index (χ2n) is 9.55. The van der Waals surface area contributed by atoms with Gasteiger partial charge in [0.25, 0.3) is 0 Å². The van der Waals surface area contributed by atoms with E-state index in [4.69, 9.17) is 4.89 Å². The predicted octanol–water partition coefficient (Wildman–Crippen LogP) is 4.38. The van der Waals surface area contributed by atoms with Crippen molar-refractivity contribution in [2.24, 2.45) is 34.5 Å². The summed E-state index contributed by atoms with van der Waals surface area (Å²) < 4.78 is 0. The molecule has 0 radical (unpaired) electrons. The van der Waals surface area contributed by atoms with Crippen molar-refractivity contribution in [1.82, 2.24) is 0 Å². The molecular formula is C20H32Br2O4. The number of aliphatic hydroxyl groups excluding tert-OH is 1. The summed E-state index contributed by atoms with van der Waals surface area (Å²) in [4.78, 5) is 5.07. The number of hydrogen-bond donors (Lipinski definition) is 3. The summed E-state index contributed by atoms with van der Waals surface area (Å²) in [7, 11) is 0. The van der Waals surface area contributed by atoms with Gasteiger partial charge in [-0.1, -0.05) is 64.8 Å². The summed E-state index contributed by atoms with van der Waals surface area (Å²) in [5.41, 5.74) is -1.54. The number of fused-ring (bicyclic) bond motifs is 3. The smallest absolute Gasteiger partial charge is 0.115 e. The average molecular weight is 496 g/mol. The zero-order chi connectivity index (χ0) is 19.5. The highest BCUT2D eigenvalue weighted by Crippen LogP contribution is 2.67. The zero-order valence-electron chi connectivity index (χ0n) is 16.0. The fourth-order valence-corrected chi connectivity index (χ4v) is 8.43. The molecule has 9 atom stereocenters. The van der Waals surface area contributed by atoms with Gasteiger partial charge in [0.15, 0.2) is 0 Å². The van der Waals surface area contributed by atoms with Crippen molar-refractivity contribution in [2.75, 3.05) is 5.33 Å². The van der Waals surface area contributed by atoms with Crippen molar-refractivity contribution in [2.45, 2.75) is 69.6 Å². The highest BCUT2D eigenvalue weighted by atomic mass is 79.9. The largest absolute Gasteiger partial charge is 0.390 e. The first-order valence-corrected chi connectivity index (χ1v) is 11.7. The van der Waals surface area contributed by atoms with Gasteiger partial charge in [0.05, 0.1) is 11.7 Å². The average Bonchev–Trinajstić information content (AvgIpc) is 2.58. The molecule has 0 saturated heterocycles. The van der Waals surface area contributed by atoms with Crippen LogP contribution in [0.3, 0.4) is 0 Å². The third-order valence-electron chi connectivity index (χ3n) is 7.93. The quantitative estimate of drug-likeness (QED) is 0.235. The number of alkyl halides is 2. The Hall–Kier alpha value is 0.540. The van der Waals surface area contributed by atoms with Gasteiger partial charge >= 0.3 is 0 Å². The lowest BCUT2D eigenvalue weighted by Crippen LogP contribution is -2.70. The van der Waals surface area contributed by atoms with Crippen molar-refractivity contribution in [1.29, 1.82) is 0 Å². The van der Waals surface area contributed by atoms with E-state index in [0.29, 0.717) is 18.3 Å². The minimum Gasteiger partial charge on any atom is -0.390 e. The molecule has 9 unspecified atom stereocenters. The van der Waals surface area contributed by atoms with E-state index < -0.39 is 17.8 Å². The van der Waals surface area contributed by atoms with Crippen molar-refractivity contribution >= 4 is 31.9 Å². The molecule has 0 aliphatic heterocycles. The van der Waals surface area contributed by atoms with Crippen LogP contribution in [0.4, 0.5) is 0 Å². The lowest BCUT2D eigenvalue weighted by molar-refractivity contribution is -0.318. The molecule has 2 fully saturated rings. The minimum absolute atomic E-state index is 0.0898. The van der Waals surface area contributed by atoms with Gasteiger partial charge in [-0.05, 0) is 48.9 Å². The monoisotopic (exact) mass is 494 g/mol. The van der Waals surface area contributed by atoms with Gasteiger partial charge < -0.3 is 10.2 Å². The van der Waals surface area contributed by atoms with Gasteiger partial charge in [-0.25, -0.2) is 4.89 Å². The summed E-state index contributed by atoms with van der Waals surface area (Å²) in [6, 6.07) is 0. The van der Waals surface area contributed by atoms with Crippen LogP contribution in [-0.4, -0.2) is 43.4 Å². The molecule has 3 aliphatic carbocycles. The zero-order valence-corrected chi connectivity index (χ0v) is 19.2. The van der Waals surface area contributed by atoms with Gasteiger partial charge in [-0.3, -0.25) is 5.26 Å². The molecule has 0 heterocycles. The second-order valence-corrected chi connectivity index (χ2v) is 11.2. The third kappa shape index (κ3) is 2.81. The van der Waals surface area contributed by atoms with Gasteiger partial charge in [0, 0.05) is 22.0 Å². The van der Waals surface area contributed by atoms with Crippen LogP contribution in [0, 0.1) is 34.5 Å². The second kappa shape index (κ2) is 7.10. The van der Waals surface area contributed by atoms with Crippen LogP contribution in [-0.2, 0) is 4.89 Å². The molecule has 0 aromatic carbocycles. The highest BCUT2D eigenvalue weighted by Gasteiger charge is 2.68. The maximum Gasteiger partial charge on any atom is 0.115 e. The topological polar surface area (TPSA) is 69.9 Å². The lowest BCUT2D eigenvalue weighted by Gasteiger charge is -2.67. The first-order valence-electron chi connectivity index (χ1n) is 9.65. The maximum absolute atomic E-state index is 11.5. The molecule has 2 saturated carbocycles. The van der Waals surface area contributed by atoms with Crippen molar-refractivity contribution < 1.29 is 20.4 Å². The van der Waals surface area contributed by atoms with Crippen LogP contribution in [0.25, 0.3) is 0 Å². The third-order valence-corrected chi connectivity index (χ3v) is 10.4. The Kier molecular flexibility index (Phi) is 5.80. The van der Waals surface area contributed by atoms with E-state index in [1.165, 1.54) is 0 Å². The predicted molar refractivity (Wildman–Crippen MR) is 109 cm³/mol. The summed E-state index contributed by atoms with van der Waals surface area (Å²) in [6.07, 6.45) is 5.35. The fraction of sp³-hybridized carbons (Fsp3) is 0.900. The SMILES string of the molecule is CC(C)C1C=CC(OO)C2C3C(C)(O)C(O)CC(Br)C3(C)CCC12CBr. The van der Waals surface area contributed by atoms with Gasteiger partial charge in [-0.2, -0.15) is 0 Å². The molecule has 0 bridgehead atoms. The number of halogens is 2. The van der Waals surface area contributed by atoms with Gasteiger partial charge in [0.2, 0.25) is 0 Å². The number of allylic oxidation sites excluding steroid dienone is 1. The Bertz CT molecular complexity index is 566. The molecule has 6 heteroatoms. The molecule has 4 nitrogen and oxygen atoms in total. The van der Waals surface area contributed by atoms with Gasteiger partial charge in [0.1, 0.15) is 6.10 Å². The first-order chi connectivity index (χ1) is 12.1. The van der Waals surface area contributed by atoms with E-state index in [2.05, 4.69) is 58.7 Å². The van der Waals surface area contributed by atoms with E-state index in [9.17, 15) is 15.5 Å². The standard InChI is InChI=1S/C20H32Br2O4/c1-11(2)12-5-6-13(26-25)16-17-18(3,7-8-20(12,16)10-21)14(22)9-15(23)19(17,4)24/h5-6,11-17,23-25H,7-10H2,1-4H3. The first kappa shape index (κ1) is 21.3. The van der Waals surface area contributed by atoms with E-state index in [-0.39, 0.29) is 27.5 Å². The van der Waals surface area contributed by atoms with E-state index in [1.807, 2.05) is 6.08 Å². The van der Waals surface area contributed by atoms with Crippen molar-refractivity contribution in [3.8, 4) is 0 Å². The van der Waals surface area contributed by atoms with Crippen LogP contribution < -0.4 is 0 Å². The number of rotatable bonds is 3. The lowest BCUT2D eigenvalue weighted by atomic mass is 9.41. The summed E-state index contributed by atoms with van der Waals surface area (Å²) in [6.45, 7) is 8.44.